The molecule has 1 aromatic rings. The lowest BCUT2D eigenvalue weighted by Gasteiger charge is -2.71. The summed E-state index contributed by atoms with van der Waals surface area (Å²) in [5, 5.41) is 22.0. The fourth-order valence-corrected chi connectivity index (χ4v) is 14.5. The predicted molar refractivity (Wildman–Crippen MR) is 192 cm³/mol. The number of aliphatic hydroxyl groups excluding tert-OH is 1. The van der Waals surface area contributed by atoms with Crippen molar-refractivity contribution in [1.29, 1.82) is 0 Å². The summed E-state index contributed by atoms with van der Waals surface area (Å²) in [4.78, 5) is 28.8. The third-order valence-corrected chi connectivity index (χ3v) is 17.0. The van der Waals surface area contributed by atoms with Gasteiger partial charge in [-0.3, -0.25) is 9.59 Å². The van der Waals surface area contributed by atoms with Gasteiger partial charge in [-0.2, -0.15) is 0 Å². The van der Waals surface area contributed by atoms with Crippen LogP contribution in [0.25, 0.3) is 0 Å². The quantitative estimate of drug-likeness (QED) is 0.282. The predicted octanol–water partition coefficient (Wildman–Crippen LogP) is 9.49. The molecule has 7 aliphatic rings. The zero-order valence-corrected chi connectivity index (χ0v) is 31.2. The average molecular weight is 671 g/mol. The fraction of sp³-hybridized carbons (Fsp3) is 0.773. The van der Waals surface area contributed by atoms with E-state index < -0.39 is 11.5 Å². The number of aromatic hydroxyl groups is 1. The molecule has 49 heavy (non-hydrogen) atoms. The minimum Gasteiger partial charge on any atom is -0.508 e. The van der Waals surface area contributed by atoms with Crippen LogP contribution in [0.5, 0.6) is 5.75 Å². The summed E-state index contributed by atoms with van der Waals surface area (Å²) in [5.41, 5.74) is 2.50. The van der Waals surface area contributed by atoms with Crippen LogP contribution >= 0.6 is 0 Å². The second kappa shape index (κ2) is 11.5. The van der Waals surface area contributed by atoms with Gasteiger partial charge in [-0.15, -0.1) is 0 Å². The van der Waals surface area contributed by atoms with E-state index >= 15 is 0 Å². The number of phenolic OH excluding ortho intramolecular Hbond substituents is 1. The van der Waals surface area contributed by atoms with Gasteiger partial charge in [0.2, 0.25) is 0 Å². The molecule has 0 bridgehead atoms. The Morgan fingerprint density at radius 2 is 1.57 bits per heavy atom. The van der Waals surface area contributed by atoms with E-state index in [2.05, 4.69) is 47.6 Å². The Morgan fingerprint density at radius 3 is 2.24 bits per heavy atom. The Morgan fingerprint density at radius 1 is 0.898 bits per heavy atom. The molecule has 1 aromatic carbocycles. The van der Waals surface area contributed by atoms with Crippen molar-refractivity contribution in [2.45, 2.75) is 162 Å². The average Bonchev–Trinajstić information content (AvgIpc) is 3.53. The van der Waals surface area contributed by atoms with Crippen LogP contribution < -0.4 is 0 Å². The molecule has 0 aromatic heterocycles. The Balaban J connectivity index is 1.14. The van der Waals surface area contributed by atoms with E-state index in [1.54, 1.807) is 6.07 Å². The number of aliphatic hydroxyl groups is 1. The molecular weight excluding hydrogens is 608 g/mol. The maximum atomic E-state index is 14.5. The lowest BCUT2D eigenvalue weighted by Crippen LogP contribution is -2.66. The summed E-state index contributed by atoms with van der Waals surface area (Å²) in [6, 6.07) is 7.52. The van der Waals surface area contributed by atoms with Crippen molar-refractivity contribution in [3.8, 4) is 5.75 Å². The van der Waals surface area contributed by atoms with Crippen molar-refractivity contribution in [2.75, 3.05) is 0 Å². The number of rotatable bonds is 7. The molecule has 0 spiro atoms. The Labute approximate surface area is 295 Å². The van der Waals surface area contributed by atoms with E-state index in [1.807, 2.05) is 12.1 Å². The van der Waals surface area contributed by atoms with Crippen molar-refractivity contribution < 1.29 is 24.5 Å². The first-order chi connectivity index (χ1) is 23.2. The van der Waals surface area contributed by atoms with E-state index in [0.29, 0.717) is 48.1 Å². The Kier molecular flexibility index (Phi) is 8.02. The molecule has 6 fully saturated rings. The van der Waals surface area contributed by atoms with E-state index in [-0.39, 0.29) is 45.5 Å². The van der Waals surface area contributed by atoms with Crippen LogP contribution in [-0.2, 0) is 14.3 Å². The third kappa shape index (κ3) is 4.75. The van der Waals surface area contributed by atoms with Crippen LogP contribution in [0.4, 0.5) is 0 Å². The first kappa shape index (κ1) is 34.1. The van der Waals surface area contributed by atoms with Crippen molar-refractivity contribution >= 4 is 11.6 Å². The summed E-state index contributed by atoms with van der Waals surface area (Å²) in [6.45, 7) is 13.8. The molecule has 1 saturated heterocycles. The van der Waals surface area contributed by atoms with Crippen LogP contribution in [-0.4, -0.2) is 39.6 Å². The van der Waals surface area contributed by atoms with Gasteiger partial charge in [0.25, 0.3) is 0 Å². The number of carbonyl (C=O) groups excluding carboxylic acids is 2. The lowest BCUT2D eigenvalue weighted by molar-refractivity contribution is -0.207. The number of epoxide rings is 1. The lowest BCUT2D eigenvalue weighted by atomic mass is 9.33. The molecular formula is C44H62O5. The Bertz CT molecular complexity index is 1550. The number of phenols is 1. The molecule has 5 saturated carbocycles. The number of hydrogen-bond acceptors (Lipinski definition) is 5. The highest BCUT2D eigenvalue weighted by Crippen LogP contribution is 2.77. The first-order valence-electron chi connectivity index (χ1n) is 20.1. The number of Topliss-reactive ketones (excluding diaryl/α,β-unsaturated/α-hetero) is 2. The molecule has 8 rings (SSSR count). The zero-order chi connectivity index (χ0) is 34.7. The number of fused-ring (bicyclic) bond motifs is 5. The number of allylic oxidation sites excluding steroid dienone is 2. The minimum atomic E-state index is -0.544. The van der Waals surface area contributed by atoms with Gasteiger partial charge < -0.3 is 14.9 Å². The highest BCUT2D eigenvalue weighted by Gasteiger charge is 2.72. The Hall–Kier alpha value is -1.98. The van der Waals surface area contributed by atoms with E-state index in [0.717, 1.165) is 43.2 Å². The first-order valence-corrected chi connectivity index (χ1v) is 20.1. The zero-order valence-electron chi connectivity index (χ0n) is 31.2. The van der Waals surface area contributed by atoms with Gasteiger partial charge in [-0.25, -0.2) is 0 Å². The molecule has 0 amide bonds. The topological polar surface area (TPSA) is 87.1 Å². The third-order valence-electron chi connectivity index (χ3n) is 17.0. The summed E-state index contributed by atoms with van der Waals surface area (Å²) in [6.07, 6.45) is 15.4. The van der Waals surface area contributed by atoms with Gasteiger partial charge in [0.15, 0.2) is 5.78 Å². The van der Waals surface area contributed by atoms with Crippen molar-refractivity contribution in [3.63, 3.8) is 0 Å². The molecule has 1 aliphatic heterocycles. The second-order valence-corrected chi connectivity index (χ2v) is 19.4. The highest BCUT2D eigenvalue weighted by molar-refractivity contribution is 6.00. The molecule has 2 N–H and O–H groups in total. The number of ketones is 2. The van der Waals surface area contributed by atoms with Crippen LogP contribution in [0, 0.1) is 51.2 Å². The molecule has 268 valence electrons. The molecule has 0 radical (unpaired) electrons. The normalized spacial score (nSPS) is 43.3. The fourth-order valence-electron chi connectivity index (χ4n) is 14.5. The summed E-state index contributed by atoms with van der Waals surface area (Å²) < 4.78 is 6.25. The SMILES string of the molecule is C[C@H](C[C@@H](O)[C@@H]1O[C@]1(C)C1CCCC1)C1=C2CC[C@H]3[C@]4(C5CCCC5)C[C@H](c5cccc(O)c5)C(=O)C(C)(C)C4CC[C@]3(C)[C@@]2(C)CC1=O. The number of ether oxygens (including phenoxy) is 1. The largest absolute Gasteiger partial charge is 0.508 e. The van der Waals surface area contributed by atoms with Crippen LogP contribution in [0.1, 0.15) is 149 Å². The number of hydrogen-bond donors (Lipinski definition) is 2. The maximum Gasteiger partial charge on any atom is 0.159 e. The van der Waals surface area contributed by atoms with Crippen molar-refractivity contribution in [2.24, 2.45) is 51.2 Å². The second-order valence-electron chi connectivity index (χ2n) is 19.4. The van der Waals surface area contributed by atoms with E-state index in [1.165, 1.54) is 56.9 Å². The van der Waals surface area contributed by atoms with Gasteiger partial charge in [-0.05, 0) is 135 Å². The van der Waals surface area contributed by atoms with Gasteiger partial charge >= 0.3 is 0 Å². The molecule has 5 heteroatoms. The summed E-state index contributed by atoms with van der Waals surface area (Å²) >= 11 is 0. The van der Waals surface area contributed by atoms with Crippen LogP contribution in [0.2, 0.25) is 0 Å². The monoisotopic (exact) mass is 670 g/mol. The molecule has 6 aliphatic carbocycles. The molecule has 1 unspecified atom stereocenters. The van der Waals surface area contributed by atoms with Crippen molar-refractivity contribution in [1.82, 2.24) is 0 Å². The standard InChI is InChI=1S/C44H62O5/c1-26(22-33(46)39-43(6,49-39)28-13-7-8-14-28)37-32-18-19-36-41(4,42(32,5)25-34(37)47)21-20-35-40(2,3)38(48)31(27-12-11-17-30(45)23-27)24-44(35,36)29-15-9-10-16-29/h11-12,17,23,26,28-29,31,33,35-36,39,45-46H,7-10,13-16,18-22,24-25H2,1-6H3/t26-,31-,33-,35?,36-,39+,41+,42+,43-,44+/m1/s1. The van der Waals surface area contributed by atoms with Gasteiger partial charge in [0, 0.05) is 23.2 Å². The molecule has 1 heterocycles. The summed E-state index contributed by atoms with van der Waals surface area (Å²) in [7, 11) is 0. The van der Waals surface area contributed by atoms with Gasteiger partial charge in [0.05, 0.1) is 11.7 Å². The smallest absolute Gasteiger partial charge is 0.159 e. The molecule has 10 atom stereocenters. The van der Waals surface area contributed by atoms with Gasteiger partial charge in [-0.1, -0.05) is 78.0 Å². The van der Waals surface area contributed by atoms with Gasteiger partial charge in [0.1, 0.15) is 17.6 Å². The van der Waals surface area contributed by atoms with E-state index in [9.17, 15) is 19.8 Å². The van der Waals surface area contributed by atoms with Crippen LogP contribution in [0.3, 0.4) is 0 Å². The number of benzene rings is 1. The summed E-state index contributed by atoms with van der Waals surface area (Å²) in [5.74, 6) is 2.58. The van der Waals surface area contributed by atoms with Crippen molar-refractivity contribution in [3.05, 3.63) is 41.0 Å². The maximum absolute atomic E-state index is 14.5. The minimum absolute atomic E-state index is 0.0120. The molecule has 5 nitrogen and oxygen atoms in total. The van der Waals surface area contributed by atoms with E-state index in [4.69, 9.17) is 4.74 Å². The van der Waals surface area contributed by atoms with Crippen LogP contribution in [0.15, 0.2) is 35.4 Å². The highest BCUT2D eigenvalue weighted by atomic mass is 16.6. The number of carbonyl (C=O) groups is 2.